The first-order chi connectivity index (χ1) is 5.93. The van der Waals surface area contributed by atoms with Crippen LogP contribution in [0.2, 0.25) is 0 Å². The van der Waals surface area contributed by atoms with Gasteiger partial charge >= 0.3 is 0 Å². The van der Waals surface area contributed by atoms with Crippen LogP contribution in [0, 0.1) is 6.07 Å². The maximum atomic E-state index is 9.90. The first kappa shape index (κ1) is 8.78. The van der Waals surface area contributed by atoms with Gasteiger partial charge in [0.05, 0.1) is 0 Å². The van der Waals surface area contributed by atoms with E-state index in [2.05, 4.69) is 11.4 Å². The summed E-state index contributed by atoms with van der Waals surface area (Å²) in [4.78, 5) is 9.90. The summed E-state index contributed by atoms with van der Waals surface area (Å²) in [7, 11) is 0. The molecule has 1 N–H and O–H groups in total. The van der Waals surface area contributed by atoms with Crippen molar-refractivity contribution in [2.45, 2.75) is 12.8 Å². The van der Waals surface area contributed by atoms with E-state index in [1.807, 2.05) is 24.3 Å². The summed E-state index contributed by atoms with van der Waals surface area (Å²) in [5.41, 5.74) is 1.29. The summed E-state index contributed by atoms with van der Waals surface area (Å²) >= 11 is 0. The molecule has 2 heteroatoms. The highest BCUT2D eigenvalue weighted by Gasteiger charge is 1.89. The third-order valence-corrected chi connectivity index (χ3v) is 1.66. The van der Waals surface area contributed by atoms with E-state index in [0.29, 0.717) is 0 Å². The fourth-order valence-electron chi connectivity index (χ4n) is 1.04. The number of carbonyl (C=O) groups is 1. The standard InChI is InChI=1S/C10H12NO/c12-9-11-8-4-7-10-5-2-1-3-6-10/h2-3,5-6,9H,4,7-8H2,(H,11,12). The molecule has 0 saturated carbocycles. The molecule has 0 aliphatic heterocycles. The first-order valence-corrected chi connectivity index (χ1v) is 4.05. The maximum absolute atomic E-state index is 9.90. The summed E-state index contributed by atoms with van der Waals surface area (Å²) in [6.07, 6.45) is 2.73. The van der Waals surface area contributed by atoms with E-state index in [1.165, 1.54) is 5.56 Å². The summed E-state index contributed by atoms with van der Waals surface area (Å²) < 4.78 is 0. The molecule has 0 unspecified atom stereocenters. The Morgan fingerprint density at radius 2 is 2.17 bits per heavy atom. The largest absolute Gasteiger partial charge is 0.359 e. The number of benzene rings is 1. The minimum Gasteiger partial charge on any atom is -0.359 e. The van der Waals surface area contributed by atoms with Crippen LogP contribution in [0.1, 0.15) is 12.0 Å². The van der Waals surface area contributed by atoms with Gasteiger partial charge in [-0.1, -0.05) is 24.3 Å². The van der Waals surface area contributed by atoms with Crippen LogP contribution in [0.5, 0.6) is 0 Å². The van der Waals surface area contributed by atoms with Crippen LogP contribution in [0.3, 0.4) is 0 Å². The average molecular weight is 162 g/mol. The molecule has 0 aromatic heterocycles. The Kier molecular flexibility index (Phi) is 3.92. The Hall–Kier alpha value is -1.31. The second-order valence-electron chi connectivity index (χ2n) is 2.58. The lowest BCUT2D eigenvalue weighted by atomic mass is 10.1. The second kappa shape index (κ2) is 5.35. The van der Waals surface area contributed by atoms with E-state index in [-0.39, 0.29) is 0 Å². The van der Waals surface area contributed by atoms with Crippen molar-refractivity contribution in [3.8, 4) is 0 Å². The predicted molar refractivity (Wildman–Crippen MR) is 47.7 cm³/mol. The fraction of sp³-hybridized carbons (Fsp3) is 0.300. The van der Waals surface area contributed by atoms with Crippen molar-refractivity contribution in [1.82, 2.24) is 5.32 Å². The Bertz CT molecular complexity index is 221. The Morgan fingerprint density at radius 3 is 2.83 bits per heavy atom. The number of carbonyl (C=O) groups excluding carboxylic acids is 1. The van der Waals surface area contributed by atoms with Gasteiger partial charge in [-0.05, 0) is 24.5 Å². The Balaban J connectivity index is 2.20. The fourth-order valence-corrected chi connectivity index (χ4v) is 1.04. The summed E-state index contributed by atoms with van der Waals surface area (Å²) in [6, 6.07) is 10.9. The zero-order valence-corrected chi connectivity index (χ0v) is 6.92. The van der Waals surface area contributed by atoms with Gasteiger partial charge in [0, 0.05) is 6.54 Å². The lowest BCUT2D eigenvalue weighted by molar-refractivity contribution is -0.109. The third kappa shape index (κ3) is 3.19. The van der Waals surface area contributed by atoms with E-state index in [0.717, 1.165) is 25.8 Å². The van der Waals surface area contributed by atoms with Crippen LogP contribution >= 0.6 is 0 Å². The van der Waals surface area contributed by atoms with Crippen molar-refractivity contribution in [2.75, 3.05) is 6.54 Å². The number of rotatable bonds is 5. The molecular formula is C10H12NO. The summed E-state index contributed by atoms with van der Waals surface area (Å²) in [5, 5.41) is 2.63. The molecule has 0 aliphatic rings. The number of hydrogen-bond donors (Lipinski definition) is 1. The quantitative estimate of drug-likeness (QED) is 0.511. The van der Waals surface area contributed by atoms with Crippen LogP contribution in [-0.2, 0) is 11.2 Å². The van der Waals surface area contributed by atoms with Crippen molar-refractivity contribution in [3.63, 3.8) is 0 Å². The highest BCUT2D eigenvalue weighted by molar-refractivity contribution is 5.45. The molecule has 0 aliphatic carbocycles. The van der Waals surface area contributed by atoms with E-state index >= 15 is 0 Å². The van der Waals surface area contributed by atoms with Crippen molar-refractivity contribution < 1.29 is 4.79 Å². The molecule has 1 rings (SSSR count). The molecule has 0 atom stereocenters. The SMILES string of the molecule is O=CNCCCc1cc[c]cc1. The number of hydrogen-bond acceptors (Lipinski definition) is 1. The highest BCUT2D eigenvalue weighted by atomic mass is 16.1. The lowest BCUT2D eigenvalue weighted by Gasteiger charge is -1.99. The second-order valence-corrected chi connectivity index (χ2v) is 2.58. The summed E-state index contributed by atoms with van der Waals surface area (Å²) in [5.74, 6) is 0. The molecule has 1 radical (unpaired) electrons. The summed E-state index contributed by atoms with van der Waals surface area (Å²) in [6.45, 7) is 0.752. The molecule has 0 bridgehead atoms. The lowest BCUT2D eigenvalue weighted by Crippen LogP contribution is -2.12. The monoisotopic (exact) mass is 162 g/mol. The van der Waals surface area contributed by atoms with Gasteiger partial charge in [-0.15, -0.1) is 0 Å². The van der Waals surface area contributed by atoms with Crippen molar-refractivity contribution in [1.29, 1.82) is 0 Å². The molecule has 1 amide bonds. The normalized spacial score (nSPS) is 9.33. The van der Waals surface area contributed by atoms with Crippen LogP contribution in [0.4, 0.5) is 0 Å². The van der Waals surface area contributed by atoms with Crippen LogP contribution in [-0.4, -0.2) is 13.0 Å². The molecule has 0 fully saturated rings. The Labute approximate surface area is 72.6 Å². The Morgan fingerprint density at radius 1 is 1.42 bits per heavy atom. The van der Waals surface area contributed by atoms with E-state index in [1.54, 1.807) is 0 Å². The molecule has 0 saturated heterocycles. The molecule has 1 aromatic rings. The number of amides is 1. The molecule has 12 heavy (non-hydrogen) atoms. The van der Waals surface area contributed by atoms with E-state index in [9.17, 15) is 4.79 Å². The third-order valence-electron chi connectivity index (χ3n) is 1.66. The smallest absolute Gasteiger partial charge is 0.207 e. The first-order valence-electron chi connectivity index (χ1n) is 4.05. The van der Waals surface area contributed by atoms with Crippen LogP contribution in [0.15, 0.2) is 24.3 Å². The van der Waals surface area contributed by atoms with Gasteiger partial charge in [-0.3, -0.25) is 4.79 Å². The number of aryl methyl sites for hydroxylation is 1. The van der Waals surface area contributed by atoms with Crippen LogP contribution < -0.4 is 5.32 Å². The van der Waals surface area contributed by atoms with Crippen molar-refractivity contribution >= 4 is 6.41 Å². The maximum Gasteiger partial charge on any atom is 0.207 e. The van der Waals surface area contributed by atoms with Gasteiger partial charge in [-0.2, -0.15) is 0 Å². The van der Waals surface area contributed by atoms with E-state index in [4.69, 9.17) is 0 Å². The van der Waals surface area contributed by atoms with Gasteiger partial charge in [-0.25, -0.2) is 0 Å². The van der Waals surface area contributed by atoms with Gasteiger partial charge in [0.15, 0.2) is 0 Å². The minimum absolute atomic E-state index is 0.735. The van der Waals surface area contributed by atoms with Crippen molar-refractivity contribution in [2.24, 2.45) is 0 Å². The van der Waals surface area contributed by atoms with E-state index < -0.39 is 0 Å². The zero-order valence-electron chi connectivity index (χ0n) is 6.92. The van der Waals surface area contributed by atoms with Gasteiger partial charge in [0.25, 0.3) is 0 Å². The predicted octanol–water partition coefficient (Wildman–Crippen LogP) is 1.17. The molecule has 2 nitrogen and oxygen atoms in total. The average Bonchev–Trinajstić information content (AvgIpc) is 2.14. The molecule has 0 spiro atoms. The molecular weight excluding hydrogens is 150 g/mol. The molecule has 0 heterocycles. The zero-order chi connectivity index (χ0) is 8.65. The van der Waals surface area contributed by atoms with Gasteiger partial charge in [0.1, 0.15) is 0 Å². The minimum atomic E-state index is 0.735. The van der Waals surface area contributed by atoms with Gasteiger partial charge < -0.3 is 5.32 Å². The van der Waals surface area contributed by atoms with Gasteiger partial charge in [0.2, 0.25) is 6.41 Å². The topological polar surface area (TPSA) is 29.1 Å². The number of nitrogens with one attached hydrogen (secondary N) is 1. The van der Waals surface area contributed by atoms with Crippen LogP contribution in [0.25, 0.3) is 0 Å². The molecule has 63 valence electrons. The van der Waals surface area contributed by atoms with Crippen molar-refractivity contribution in [3.05, 3.63) is 35.9 Å². The molecule has 1 aromatic carbocycles. The highest BCUT2D eigenvalue weighted by Crippen LogP contribution is 2.00.